The Morgan fingerprint density at radius 1 is 1.03 bits per heavy atom. The van der Waals surface area contributed by atoms with Gasteiger partial charge in [-0.25, -0.2) is 0 Å². The molecule has 5 nitrogen and oxygen atoms in total. The van der Waals surface area contributed by atoms with Crippen molar-refractivity contribution >= 4 is 5.97 Å². The molecule has 0 aliphatic heterocycles. The fraction of sp³-hybridized carbons (Fsp3) is 0.269. The molecule has 1 fully saturated rings. The van der Waals surface area contributed by atoms with Gasteiger partial charge in [0.2, 0.25) is 0 Å². The zero-order valence-corrected chi connectivity index (χ0v) is 17.3. The van der Waals surface area contributed by atoms with Crippen molar-refractivity contribution in [1.29, 1.82) is 0 Å². The van der Waals surface area contributed by atoms with Crippen LogP contribution in [0.15, 0.2) is 66.7 Å². The van der Waals surface area contributed by atoms with Gasteiger partial charge >= 0.3 is 5.97 Å². The molecule has 160 valence electrons. The van der Waals surface area contributed by atoms with E-state index in [0.29, 0.717) is 23.8 Å². The molecule has 0 bridgehead atoms. The maximum Gasteiger partial charge on any atom is 0.307 e. The Kier molecular flexibility index (Phi) is 6.35. The summed E-state index contributed by atoms with van der Waals surface area (Å²) in [7, 11) is 0. The van der Waals surface area contributed by atoms with Gasteiger partial charge in [0.1, 0.15) is 12.4 Å². The lowest BCUT2D eigenvalue weighted by atomic mass is 9.95. The van der Waals surface area contributed by atoms with Crippen LogP contribution in [0.1, 0.15) is 47.1 Å². The summed E-state index contributed by atoms with van der Waals surface area (Å²) >= 11 is 0. The molecule has 1 unspecified atom stereocenters. The molecule has 31 heavy (non-hydrogen) atoms. The van der Waals surface area contributed by atoms with Crippen molar-refractivity contribution in [3.8, 4) is 16.9 Å². The lowest BCUT2D eigenvalue weighted by Crippen LogP contribution is -2.14. The number of carboxylic acid groups (broad SMARTS) is 1. The number of ether oxygens (including phenoxy) is 1. The number of carbonyl (C=O) groups is 1. The molecule has 3 aromatic rings. The van der Waals surface area contributed by atoms with Gasteiger partial charge in [0.25, 0.3) is 0 Å². The van der Waals surface area contributed by atoms with E-state index in [1.807, 2.05) is 42.5 Å². The third-order valence-electron chi connectivity index (χ3n) is 5.62. The predicted octanol–water partition coefficient (Wildman–Crippen LogP) is 4.43. The molecule has 1 atom stereocenters. The molecule has 0 radical (unpaired) electrons. The Hall–Kier alpha value is -3.15. The number of hydrogen-bond acceptors (Lipinski definition) is 4. The van der Waals surface area contributed by atoms with Crippen LogP contribution in [0.25, 0.3) is 11.1 Å². The number of aliphatic hydroxyl groups excluding tert-OH is 1. The van der Waals surface area contributed by atoms with Crippen molar-refractivity contribution in [2.75, 3.05) is 6.61 Å². The Morgan fingerprint density at radius 2 is 1.84 bits per heavy atom. The summed E-state index contributed by atoms with van der Waals surface area (Å²) in [5.41, 5.74) is 12.1. The average Bonchev–Trinajstić information content (AvgIpc) is 3.63. The van der Waals surface area contributed by atoms with Gasteiger partial charge in [-0.3, -0.25) is 4.79 Å². The first kappa shape index (κ1) is 21.1. The molecule has 0 heterocycles. The number of hydrogen-bond donors (Lipinski definition) is 3. The van der Waals surface area contributed by atoms with Crippen molar-refractivity contribution in [2.45, 2.75) is 37.8 Å². The molecule has 1 saturated carbocycles. The third-order valence-corrected chi connectivity index (χ3v) is 5.62. The second-order valence-corrected chi connectivity index (χ2v) is 8.12. The van der Waals surface area contributed by atoms with E-state index in [4.69, 9.17) is 15.6 Å². The standard InChI is InChI=1S/C26H27NO4/c27-24(15-28)20-6-3-5-19(12-20)23-11-17(10-22(13-23)18-8-9-18)16-31-25-7-2-1-4-21(25)14-26(29)30/h1-7,10-13,18,24,28H,8-9,14-16,27H2,(H,29,30). The number of benzene rings is 3. The second kappa shape index (κ2) is 9.33. The largest absolute Gasteiger partial charge is 0.489 e. The molecule has 4 N–H and O–H groups in total. The van der Waals surface area contributed by atoms with E-state index in [1.54, 1.807) is 6.07 Å². The normalized spacial score (nSPS) is 14.3. The Bertz CT molecular complexity index is 1070. The van der Waals surface area contributed by atoms with Gasteiger partial charge in [0, 0.05) is 5.56 Å². The fourth-order valence-corrected chi connectivity index (χ4v) is 3.79. The monoisotopic (exact) mass is 417 g/mol. The fourth-order valence-electron chi connectivity index (χ4n) is 3.79. The van der Waals surface area contributed by atoms with Gasteiger partial charge in [0.15, 0.2) is 0 Å². The van der Waals surface area contributed by atoms with Crippen LogP contribution in [0, 0.1) is 0 Å². The van der Waals surface area contributed by atoms with Crippen molar-refractivity contribution in [1.82, 2.24) is 0 Å². The summed E-state index contributed by atoms with van der Waals surface area (Å²) < 4.78 is 6.03. The maximum absolute atomic E-state index is 11.1. The van der Waals surface area contributed by atoms with Crippen LogP contribution in [-0.4, -0.2) is 22.8 Å². The molecule has 1 aliphatic rings. The van der Waals surface area contributed by atoms with E-state index >= 15 is 0 Å². The Balaban J connectivity index is 1.61. The van der Waals surface area contributed by atoms with E-state index < -0.39 is 12.0 Å². The molecular formula is C26H27NO4. The number of carboxylic acids is 1. The number of para-hydroxylation sites is 1. The minimum absolute atomic E-state index is 0.0680. The minimum Gasteiger partial charge on any atom is -0.489 e. The van der Waals surface area contributed by atoms with Crippen LogP contribution in [0.3, 0.4) is 0 Å². The van der Waals surface area contributed by atoms with Crippen LogP contribution >= 0.6 is 0 Å². The zero-order valence-electron chi connectivity index (χ0n) is 17.3. The minimum atomic E-state index is -0.880. The van der Waals surface area contributed by atoms with Crippen molar-refractivity contribution in [3.05, 3.63) is 89.0 Å². The highest BCUT2D eigenvalue weighted by molar-refractivity contribution is 5.71. The first-order chi connectivity index (χ1) is 15.0. The van der Waals surface area contributed by atoms with Crippen LogP contribution in [-0.2, 0) is 17.8 Å². The van der Waals surface area contributed by atoms with Gasteiger partial charge in [-0.05, 0) is 64.8 Å². The van der Waals surface area contributed by atoms with Gasteiger partial charge in [-0.15, -0.1) is 0 Å². The number of rotatable bonds is 9. The topological polar surface area (TPSA) is 92.8 Å². The van der Waals surface area contributed by atoms with E-state index in [2.05, 4.69) is 18.2 Å². The van der Waals surface area contributed by atoms with Crippen LogP contribution in [0.2, 0.25) is 0 Å². The molecule has 0 saturated heterocycles. The maximum atomic E-state index is 11.1. The summed E-state index contributed by atoms with van der Waals surface area (Å²) in [4.78, 5) is 11.1. The zero-order chi connectivity index (χ0) is 21.8. The van der Waals surface area contributed by atoms with Crippen molar-refractivity contribution < 1.29 is 19.7 Å². The number of aliphatic carboxylic acids is 1. The SMILES string of the molecule is NC(CO)c1cccc(-c2cc(COc3ccccc3CC(=O)O)cc(C3CC3)c2)c1. The predicted molar refractivity (Wildman–Crippen MR) is 120 cm³/mol. The first-order valence-electron chi connectivity index (χ1n) is 10.6. The Labute approximate surface area is 182 Å². The summed E-state index contributed by atoms with van der Waals surface area (Å²) in [5, 5.41) is 18.5. The molecular weight excluding hydrogens is 390 g/mol. The third kappa shape index (κ3) is 5.32. The highest BCUT2D eigenvalue weighted by Gasteiger charge is 2.24. The number of nitrogens with two attached hydrogens (primary N) is 1. The summed E-state index contributed by atoms with van der Waals surface area (Å²) in [6, 6.07) is 21.3. The van der Waals surface area contributed by atoms with Gasteiger partial charge in [-0.2, -0.15) is 0 Å². The molecule has 5 heteroatoms. The van der Waals surface area contributed by atoms with Gasteiger partial charge in [-0.1, -0.05) is 48.5 Å². The molecule has 0 amide bonds. The van der Waals surface area contributed by atoms with E-state index in [-0.39, 0.29) is 13.0 Å². The summed E-state index contributed by atoms with van der Waals surface area (Å²) in [6.07, 6.45) is 2.32. The van der Waals surface area contributed by atoms with Gasteiger partial charge in [0.05, 0.1) is 19.1 Å². The number of aliphatic hydroxyl groups is 1. The van der Waals surface area contributed by atoms with E-state index in [9.17, 15) is 9.90 Å². The average molecular weight is 418 g/mol. The van der Waals surface area contributed by atoms with E-state index in [0.717, 1.165) is 22.3 Å². The Morgan fingerprint density at radius 3 is 2.58 bits per heavy atom. The van der Waals surface area contributed by atoms with Crippen LogP contribution < -0.4 is 10.5 Å². The summed E-state index contributed by atoms with van der Waals surface area (Å²) in [6.45, 7) is 0.264. The lowest BCUT2D eigenvalue weighted by Gasteiger charge is -2.14. The van der Waals surface area contributed by atoms with Crippen molar-refractivity contribution in [2.24, 2.45) is 5.73 Å². The summed E-state index contributed by atoms with van der Waals surface area (Å²) in [5.74, 6) is 0.301. The van der Waals surface area contributed by atoms with E-state index in [1.165, 1.54) is 18.4 Å². The molecule has 3 aromatic carbocycles. The second-order valence-electron chi connectivity index (χ2n) is 8.12. The molecule has 0 aromatic heterocycles. The smallest absolute Gasteiger partial charge is 0.307 e. The molecule has 1 aliphatic carbocycles. The lowest BCUT2D eigenvalue weighted by molar-refractivity contribution is -0.136. The highest BCUT2D eigenvalue weighted by Crippen LogP contribution is 2.42. The van der Waals surface area contributed by atoms with Gasteiger partial charge < -0.3 is 20.7 Å². The molecule has 4 rings (SSSR count). The quantitative estimate of drug-likeness (QED) is 0.479. The van der Waals surface area contributed by atoms with Crippen molar-refractivity contribution in [3.63, 3.8) is 0 Å². The highest BCUT2D eigenvalue weighted by atomic mass is 16.5. The van der Waals surface area contributed by atoms with Crippen LogP contribution in [0.4, 0.5) is 0 Å². The van der Waals surface area contributed by atoms with Crippen LogP contribution in [0.5, 0.6) is 5.75 Å². The first-order valence-corrected chi connectivity index (χ1v) is 10.6. The molecule has 0 spiro atoms.